The Hall–Kier alpha value is -2.14. The van der Waals surface area contributed by atoms with E-state index in [0.29, 0.717) is 0 Å². The number of amides is 1. The van der Waals surface area contributed by atoms with Crippen molar-refractivity contribution >= 4 is 11.6 Å². The Morgan fingerprint density at radius 3 is 2.76 bits per heavy atom. The second kappa shape index (κ2) is 5.69. The zero-order valence-electron chi connectivity index (χ0n) is 11.9. The Morgan fingerprint density at radius 1 is 1.24 bits per heavy atom. The Bertz CT molecular complexity index is 615. The summed E-state index contributed by atoms with van der Waals surface area (Å²) < 4.78 is 0. The highest BCUT2D eigenvalue weighted by molar-refractivity contribution is 5.98. The van der Waals surface area contributed by atoms with Gasteiger partial charge in [-0.3, -0.25) is 9.89 Å². The molecule has 1 aromatic carbocycles. The molecule has 1 heterocycles. The van der Waals surface area contributed by atoms with Crippen LogP contribution in [0.1, 0.15) is 32.1 Å². The van der Waals surface area contributed by atoms with Gasteiger partial charge >= 0.3 is 0 Å². The van der Waals surface area contributed by atoms with Gasteiger partial charge in [-0.15, -0.1) is 0 Å². The van der Waals surface area contributed by atoms with Gasteiger partial charge in [0.05, 0.1) is 11.2 Å². The lowest BCUT2D eigenvalue weighted by Gasteiger charge is -2.31. The van der Waals surface area contributed by atoms with Crippen LogP contribution in [-0.2, 0) is 4.79 Å². The zero-order valence-corrected chi connectivity index (χ0v) is 11.9. The highest BCUT2D eigenvalue weighted by atomic mass is 16.2. The SMILES string of the molecule is NC1(C(=O)Nc2cccc(-c3ccn[nH]3)c2)CCCCC1. The number of rotatable bonds is 3. The normalized spacial score (nSPS) is 17.4. The maximum atomic E-state index is 12.4. The van der Waals surface area contributed by atoms with Gasteiger partial charge in [0.15, 0.2) is 0 Å². The molecular weight excluding hydrogens is 264 g/mol. The van der Waals surface area contributed by atoms with E-state index in [1.165, 1.54) is 6.42 Å². The molecule has 0 unspecified atom stereocenters. The van der Waals surface area contributed by atoms with Gasteiger partial charge in [0, 0.05) is 17.4 Å². The van der Waals surface area contributed by atoms with Crippen LogP contribution in [0.15, 0.2) is 36.5 Å². The smallest absolute Gasteiger partial charge is 0.244 e. The third-order valence-corrected chi connectivity index (χ3v) is 4.13. The van der Waals surface area contributed by atoms with Crippen molar-refractivity contribution in [1.82, 2.24) is 10.2 Å². The molecule has 4 N–H and O–H groups in total. The van der Waals surface area contributed by atoms with Crippen LogP contribution in [0.4, 0.5) is 5.69 Å². The summed E-state index contributed by atoms with van der Waals surface area (Å²) in [5.74, 6) is -0.0797. The van der Waals surface area contributed by atoms with Crippen molar-refractivity contribution in [3.63, 3.8) is 0 Å². The summed E-state index contributed by atoms with van der Waals surface area (Å²) in [5.41, 5.74) is 8.21. The maximum Gasteiger partial charge on any atom is 0.244 e. The largest absolute Gasteiger partial charge is 0.324 e. The Balaban J connectivity index is 1.76. The van der Waals surface area contributed by atoms with Crippen molar-refractivity contribution < 1.29 is 4.79 Å². The molecule has 1 aliphatic carbocycles. The molecular formula is C16H20N4O. The number of anilines is 1. The number of aromatic amines is 1. The monoisotopic (exact) mass is 284 g/mol. The average molecular weight is 284 g/mol. The molecule has 2 aromatic rings. The van der Waals surface area contributed by atoms with Crippen molar-refractivity contribution in [1.29, 1.82) is 0 Å². The van der Waals surface area contributed by atoms with Gasteiger partial charge in [0.25, 0.3) is 0 Å². The number of nitrogens with one attached hydrogen (secondary N) is 2. The van der Waals surface area contributed by atoms with Crippen molar-refractivity contribution in [2.45, 2.75) is 37.6 Å². The molecule has 1 aromatic heterocycles. The fourth-order valence-corrected chi connectivity index (χ4v) is 2.85. The second-order valence-corrected chi connectivity index (χ2v) is 5.72. The van der Waals surface area contributed by atoms with Crippen LogP contribution >= 0.6 is 0 Å². The lowest BCUT2D eigenvalue weighted by Crippen LogP contribution is -2.52. The zero-order chi connectivity index (χ0) is 14.7. The summed E-state index contributed by atoms with van der Waals surface area (Å²) in [6, 6.07) is 9.59. The van der Waals surface area contributed by atoms with E-state index < -0.39 is 5.54 Å². The molecule has 5 heteroatoms. The van der Waals surface area contributed by atoms with Crippen LogP contribution in [0.5, 0.6) is 0 Å². The fourth-order valence-electron chi connectivity index (χ4n) is 2.85. The van der Waals surface area contributed by atoms with E-state index in [4.69, 9.17) is 5.73 Å². The summed E-state index contributed by atoms with van der Waals surface area (Å²) in [5, 5.41) is 9.81. The summed E-state index contributed by atoms with van der Waals surface area (Å²) in [7, 11) is 0. The van der Waals surface area contributed by atoms with Crippen molar-refractivity contribution in [3.8, 4) is 11.3 Å². The minimum absolute atomic E-state index is 0.0797. The van der Waals surface area contributed by atoms with Crippen LogP contribution in [0, 0.1) is 0 Å². The molecule has 0 atom stereocenters. The molecule has 21 heavy (non-hydrogen) atoms. The summed E-state index contributed by atoms with van der Waals surface area (Å²) in [6.45, 7) is 0. The maximum absolute atomic E-state index is 12.4. The molecule has 0 bridgehead atoms. The average Bonchev–Trinajstić information content (AvgIpc) is 3.02. The number of nitrogens with zero attached hydrogens (tertiary/aromatic N) is 1. The fraction of sp³-hybridized carbons (Fsp3) is 0.375. The quantitative estimate of drug-likeness (QED) is 0.810. The summed E-state index contributed by atoms with van der Waals surface area (Å²) >= 11 is 0. The first-order chi connectivity index (χ1) is 10.2. The van der Waals surface area contributed by atoms with Gasteiger partial charge in [-0.25, -0.2) is 0 Å². The lowest BCUT2D eigenvalue weighted by molar-refractivity contribution is -0.122. The van der Waals surface area contributed by atoms with Crippen molar-refractivity contribution in [2.75, 3.05) is 5.32 Å². The highest BCUT2D eigenvalue weighted by Crippen LogP contribution is 2.28. The molecule has 1 amide bonds. The van der Waals surface area contributed by atoms with E-state index in [2.05, 4.69) is 15.5 Å². The summed E-state index contributed by atoms with van der Waals surface area (Å²) in [4.78, 5) is 12.4. The van der Waals surface area contributed by atoms with E-state index in [1.807, 2.05) is 30.3 Å². The first-order valence-corrected chi connectivity index (χ1v) is 7.38. The number of hydrogen-bond donors (Lipinski definition) is 3. The summed E-state index contributed by atoms with van der Waals surface area (Å²) in [6.07, 6.45) is 6.45. The first-order valence-electron chi connectivity index (χ1n) is 7.38. The van der Waals surface area contributed by atoms with Gasteiger partial charge in [-0.1, -0.05) is 31.4 Å². The number of carbonyl (C=O) groups excluding carboxylic acids is 1. The van der Waals surface area contributed by atoms with Crippen LogP contribution in [0.2, 0.25) is 0 Å². The molecule has 0 spiro atoms. The van der Waals surface area contributed by atoms with Crippen molar-refractivity contribution in [2.24, 2.45) is 5.73 Å². The minimum Gasteiger partial charge on any atom is -0.324 e. The van der Waals surface area contributed by atoms with E-state index in [9.17, 15) is 4.79 Å². The van der Waals surface area contributed by atoms with Gasteiger partial charge in [-0.05, 0) is 31.0 Å². The van der Waals surface area contributed by atoms with Gasteiger partial charge in [-0.2, -0.15) is 5.10 Å². The highest BCUT2D eigenvalue weighted by Gasteiger charge is 2.35. The van der Waals surface area contributed by atoms with Crippen LogP contribution in [0.3, 0.4) is 0 Å². The molecule has 5 nitrogen and oxygen atoms in total. The molecule has 1 fully saturated rings. The standard InChI is InChI=1S/C16H20N4O/c17-16(8-2-1-3-9-16)15(21)19-13-6-4-5-12(11-13)14-7-10-18-20-14/h4-7,10-11H,1-3,8-9,17H2,(H,18,20)(H,19,21). The number of carbonyl (C=O) groups is 1. The van der Waals surface area contributed by atoms with Gasteiger partial charge < -0.3 is 11.1 Å². The van der Waals surface area contributed by atoms with Crippen LogP contribution < -0.4 is 11.1 Å². The molecule has 0 saturated heterocycles. The third kappa shape index (κ3) is 2.97. The molecule has 3 rings (SSSR count). The van der Waals surface area contributed by atoms with Gasteiger partial charge in [0.2, 0.25) is 5.91 Å². The number of hydrogen-bond acceptors (Lipinski definition) is 3. The number of H-pyrrole nitrogens is 1. The first kappa shape index (κ1) is 13.8. The number of aromatic nitrogens is 2. The molecule has 110 valence electrons. The van der Waals surface area contributed by atoms with E-state index in [0.717, 1.165) is 42.6 Å². The Morgan fingerprint density at radius 2 is 2.05 bits per heavy atom. The van der Waals surface area contributed by atoms with Crippen molar-refractivity contribution in [3.05, 3.63) is 36.5 Å². The van der Waals surface area contributed by atoms with Crippen LogP contribution in [0.25, 0.3) is 11.3 Å². The third-order valence-electron chi connectivity index (χ3n) is 4.13. The second-order valence-electron chi connectivity index (χ2n) is 5.72. The van der Waals surface area contributed by atoms with E-state index in [1.54, 1.807) is 6.20 Å². The van der Waals surface area contributed by atoms with Gasteiger partial charge in [0.1, 0.15) is 0 Å². The minimum atomic E-state index is -0.720. The molecule has 0 aliphatic heterocycles. The number of nitrogens with two attached hydrogens (primary N) is 1. The van der Waals surface area contributed by atoms with Crippen LogP contribution in [-0.4, -0.2) is 21.6 Å². The predicted molar refractivity (Wildman–Crippen MR) is 82.7 cm³/mol. The molecule has 1 saturated carbocycles. The molecule has 1 aliphatic rings. The topological polar surface area (TPSA) is 83.8 Å². The number of benzene rings is 1. The molecule has 0 radical (unpaired) electrons. The van der Waals surface area contributed by atoms with E-state index >= 15 is 0 Å². The lowest BCUT2D eigenvalue weighted by atomic mass is 9.82. The predicted octanol–water partition coefficient (Wildman–Crippen LogP) is 2.68. The van der Waals surface area contributed by atoms with E-state index in [-0.39, 0.29) is 5.91 Å². The Labute approximate surface area is 123 Å². The Kier molecular flexibility index (Phi) is 3.75.